The van der Waals surface area contributed by atoms with Gasteiger partial charge in [0.05, 0.1) is 12.2 Å². The molecule has 0 saturated carbocycles. The topological polar surface area (TPSA) is 60.7 Å². The molecule has 0 aromatic heterocycles. The van der Waals surface area contributed by atoms with Gasteiger partial charge in [0.15, 0.2) is 0 Å². The summed E-state index contributed by atoms with van der Waals surface area (Å²) >= 11 is 0. The van der Waals surface area contributed by atoms with E-state index < -0.39 is 12.2 Å². The van der Waals surface area contributed by atoms with Gasteiger partial charge >= 0.3 is 0 Å². The highest BCUT2D eigenvalue weighted by atomic mass is 16.3. The van der Waals surface area contributed by atoms with Crippen molar-refractivity contribution in [1.29, 1.82) is 0 Å². The lowest BCUT2D eigenvalue weighted by molar-refractivity contribution is 0.0422. The van der Waals surface area contributed by atoms with Crippen LogP contribution in [0.4, 0.5) is 0 Å². The third kappa shape index (κ3) is 5.00. The summed E-state index contributed by atoms with van der Waals surface area (Å²) in [6.45, 7) is 11.1. The highest BCUT2D eigenvalue weighted by Gasteiger charge is 2.20. The van der Waals surface area contributed by atoms with Crippen LogP contribution >= 0.6 is 0 Å². The number of phenols is 1. The molecule has 3 nitrogen and oxygen atoms in total. The van der Waals surface area contributed by atoms with E-state index in [1.165, 1.54) is 0 Å². The van der Waals surface area contributed by atoms with Gasteiger partial charge in [0.2, 0.25) is 0 Å². The molecule has 0 unspecified atom stereocenters. The van der Waals surface area contributed by atoms with Crippen LogP contribution in [-0.4, -0.2) is 27.5 Å². The van der Waals surface area contributed by atoms with Crippen LogP contribution in [0.3, 0.4) is 0 Å². The minimum atomic E-state index is -0.598. The Morgan fingerprint density at radius 2 is 1.77 bits per heavy atom. The summed E-state index contributed by atoms with van der Waals surface area (Å²) in [6.07, 6.45) is 3.82. The largest absolute Gasteiger partial charge is 0.507 e. The zero-order chi connectivity index (χ0) is 16.9. The molecule has 1 aromatic rings. The Labute approximate surface area is 133 Å². The standard InChI is InChI=1S/C19H28O3/c1-6-17(15(5)20)18(21)8-7-12(2)9-16-10-13(3)19(22)14(4)11-16/h6,9-11,15,17-18,20-22H,1,7-8H2,2-5H3/b12-9+/t15-,17+,18-/m1/s1. The van der Waals surface area contributed by atoms with Crippen molar-refractivity contribution in [2.24, 2.45) is 5.92 Å². The monoisotopic (exact) mass is 304 g/mol. The molecule has 3 atom stereocenters. The highest BCUT2D eigenvalue weighted by Crippen LogP contribution is 2.25. The van der Waals surface area contributed by atoms with Crippen LogP contribution in [-0.2, 0) is 0 Å². The molecule has 0 aliphatic heterocycles. The molecule has 3 N–H and O–H groups in total. The van der Waals surface area contributed by atoms with Crippen LogP contribution in [0.25, 0.3) is 6.08 Å². The summed E-state index contributed by atoms with van der Waals surface area (Å²) in [5, 5.41) is 29.5. The van der Waals surface area contributed by atoms with Gasteiger partial charge in [0.1, 0.15) is 5.75 Å². The lowest BCUT2D eigenvalue weighted by Crippen LogP contribution is -2.28. The summed E-state index contributed by atoms with van der Waals surface area (Å²) in [5.41, 5.74) is 3.92. The number of aliphatic hydroxyl groups is 2. The molecule has 0 aliphatic carbocycles. The van der Waals surface area contributed by atoms with Crippen LogP contribution in [0.15, 0.2) is 30.4 Å². The minimum Gasteiger partial charge on any atom is -0.507 e. The lowest BCUT2D eigenvalue weighted by Gasteiger charge is -2.22. The summed E-state index contributed by atoms with van der Waals surface area (Å²) < 4.78 is 0. The van der Waals surface area contributed by atoms with Gasteiger partial charge in [0.25, 0.3) is 0 Å². The zero-order valence-corrected chi connectivity index (χ0v) is 14.0. The highest BCUT2D eigenvalue weighted by molar-refractivity contribution is 5.57. The summed E-state index contributed by atoms with van der Waals surface area (Å²) in [4.78, 5) is 0. The van der Waals surface area contributed by atoms with Gasteiger partial charge < -0.3 is 15.3 Å². The smallest absolute Gasteiger partial charge is 0.121 e. The maximum Gasteiger partial charge on any atom is 0.121 e. The average molecular weight is 304 g/mol. The molecule has 0 amide bonds. The Bertz CT molecular complexity index is 521. The first-order chi connectivity index (χ1) is 10.3. The number of benzene rings is 1. The van der Waals surface area contributed by atoms with Gasteiger partial charge in [-0.3, -0.25) is 0 Å². The molecule has 1 aromatic carbocycles. The van der Waals surface area contributed by atoms with Crippen molar-refractivity contribution in [1.82, 2.24) is 0 Å². The van der Waals surface area contributed by atoms with Gasteiger partial charge in [-0.25, -0.2) is 0 Å². The van der Waals surface area contributed by atoms with E-state index in [2.05, 4.69) is 12.7 Å². The fourth-order valence-corrected chi connectivity index (χ4v) is 2.67. The van der Waals surface area contributed by atoms with Gasteiger partial charge in [-0.15, -0.1) is 6.58 Å². The molecule has 3 heteroatoms. The van der Waals surface area contributed by atoms with E-state index in [1.807, 2.05) is 32.9 Å². The summed E-state index contributed by atoms with van der Waals surface area (Å²) in [5.74, 6) is 0.0435. The molecule has 0 spiro atoms. The maximum absolute atomic E-state index is 10.1. The van der Waals surface area contributed by atoms with Crippen molar-refractivity contribution in [3.8, 4) is 5.75 Å². The number of allylic oxidation sites excluding steroid dienone is 1. The van der Waals surface area contributed by atoms with Gasteiger partial charge in [-0.2, -0.15) is 0 Å². The molecule has 122 valence electrons. The van der Waals surface area contributed by atoms with Crippen molar-refractivity contribution in [3.05, 3.63) is 47.1 Å². The zero-order valence-electron chi connectivity index (χ0n) is 14.0. The molecule has 0 heterocycles. The van der Waals surface area contributed by atoms with E-state index in [4.69, 9.17) is 0 Å². The van der Waals surface area contributed by atoms with Crippen molar-refractivity contribution >= 4 is 6.08 Å². The normalized spacial score (nSPS) is 16.2. The average Bonchev–Trinajstić information content (AvgIpc) is 2.42. The van der Waals surface area contributed by atoms with E-state index in [1.54, 1.807) is 13.0 Å². The van der Waals surface area contributed by atoms with Crippen molar-refractivity contribution < 1.29 is 15.3 Å². The Morgan fingerprint density at radius 1 is 1.23 bits per heavy atom. The van der Waals surface area contributed by atoms with E-state index in [-0.39, 0.29) is 5.92 Å². The predicted octanol–water partition coefficient (Wildman–Crippen LogP) is 3.74. The maximum atomic E-state index is 10.1. The molecule has 0 radical (unpaired) electrons. The molecular formula is C19H28O3. The summed E-state index contributed by atoms with van der Waals surface area (Å²) in [6, 6.07) is 3.90. The van der Waals surface area contributed by atoms with Crippen molar-refractivity contribution in [2.45, 2.75) is 52.7 Å². The number of aliphatic hydroxyl groups excluding tert-OH is 2. The molecular weight excluding hydrogens is 276 g/mol. The molecule has 1 rings (SSSR count). The Hall–Kier alpha value is -1.58. The number of rotatable bonds is 7. The molecule has 0 bridgehead atoms. The first kappa shape index (κ1) is 18.5. The predicted molar refractivity (Wildman–Crippen MR) is 91.8 cm³/mol. The fraction of sp³-hybridized carbons (Fsp3) is 0.474. The van der Waals surface area contributed by atoms with Gasteiger partial charge in [-0.05, 0) is 69.4 Å². The number of hydrogen-bond acceptors (Lipinski definition) is 3. The second-order valence-corrected chi connectivity index (χ2v) is 6.15. The summed E-state index contributed by atoms with van der Waals surface area (Å²) in [7, 11) is 0. The van der Waals surface area contributed by atoms with Crippen LogP contribution in [0.2, 0.25) is 0 Å². The van der Waals surface area contributed by atoms with Crippen LogP contribution < -0.4 is 0 Å². The molecule has 0 saturated heterocycles. The number of aromatic hydroxyl groups is 1. The number of hydrogen-bond donors (Lipinski definition) is 3. The number of phenolic OH excluding ortho intramolecular Hbond substituents is 1. The fourth-order valence-electron chi connectivity index (χ4n) is 2.67. The SMILES string of the molecule is C=C[C@H]([C@H](O)CC/C(C)=C/c1cc(C)c(O)c(C)c1)[C@@H](C)O. The van der Waals surface area contributed by atoms with Crippen molar-refractivity contribution in [2.75, 3.05) is 0 Å². The Kier molecular flexibility index (Phi) is 6.85. The Morgan fingerprint density at radius 3 is 2.23 bits per heavy atom. The molecule has 0 fully saturated rings. The second-order valence-electron chi connectivity index (χ2n) is 6.15. The third-order valence-corrected chi connectivity index (χ3v) is 4.03. The minimum absolute atomic E-state index is 0.300. The van der Waals surface area contributed by atoms with Crippen LogP contribution in [0.5, 0.6) is 5.75 Å². The van der Waals surface area contributed by atoms with E-state index in [9.17, 15) is 15.3 Å². The van der Waals surface area contributed by atoms with Gasteiger partial charge in [0, 0.05) is 5.92 Å². The van der Waals surface area contributed by atoms with Gasteiger partial charge in [-0.1, -0.05) is 17.7 Å². The van der Waals surface area contributed by atoms with E-state index in [0.29, 0.717) is 12.2 Å². The Balaban J connectivity index is 2.73. The molecule has 0 aliphatic rings. The molecule has 22 heavy (non-hydrogen) atoms. The first-order valence-electron chi connectivity index (χ1n) is 7.72. The lowest BCUT2D eigenvalue weighted by atomic mass is 9.92. The van der Waals surface area contributed by atoms with Crippen LogP contribution in [0, 0.1) is 19.8 Å². The van der Waals surface area contributed by atoms with E-state index >= 15 is 0 Å². The van der Waals surface area contributed by atoms with Crippen molar-refractivity contribution in [3.63, 3.8) is 0 Å². The van der Waals surface area contributed by atoms with Crippen LogP contribution in [0.1, 0.15) is 43.4 Å². The third-order valence-electron chi connectivity index (χ3n) is 4.03. The quantitative estimate of drug-likeness (QED) is 0.673. The second kappa shape index (κ2) is 8.16. The number of aryl methyl sites for hydroxylation is 2. The van der Waals surface area contributed by atoms with E-state index in [0.717, 1.165) is 28.7 Å². The first-order valence-corrected chi connectivity index (χ1v) is 7.72.